The van der Waals surface area contributed by atoms with E-state index in [0.29, 0.717) is 17.4 Å². The van der Waals surface area contributed by atoms with E-state index < -0.39 is 8.07 Å². The molecule has 0 bridgehead atoms. The van der Waals surface area contributed by atoms with E-state index in [9.17, 15) is 0 Å². The topological polar surface area (TPSA) is 0 Å². The van der Waals surface area contributed by atoms with E-state index in [1.54, 1.807) is 10.4 Å². The second kappa shape index (κ2) is 6.00. The van der Waals surface area contributed by atoms with Crippen LogP contribution in [0, 0.1) is 11.8 Å². The summed E-state index contributed by atoms with van der Waals surface area (Å²) in [6.07, 6.45) is 17.2. The summed E-state index contributed by atoms with van der Waals surface area (Å²) in [4.78, 5) is 0. The first-order chi connectivity index (χ1) is 12.4. The Balaban J connectivity index is 1.81. The van der Waals surface area contributed by atoms with Gasteiger partial charge in [0.1, 0.15) is 8.07 Å². The highest BCUT2D eigenvalue weighted by Crippen LogP contribution is 2.59. The van der Waals surface area contributed by atoms with Gasteiger partial charge in [0.2, 0.25) is 0 Å². The van der Waals surface area contributed by atoms with E-state index in [1.165, 1.54) is 12.8 Å². The Labute approximate surface area is 151 Å². The first-order valence-corrected chi connectivity index (χ1v) is 11.7. The molecule has 0 radical (unpaired) electrons. The Hall–Kier alpha value is -2.12. The van der Waals surface area contributed by atoms with Gasteiger partial charge in [0.25, 0.3) is 0 Å². The van der Waals surface area contributed by atoms with Gasteiger partial charge in [-0.05, 0) is 35.8 Å². The van der Waals surface area contributed by atoms with Crippen LogP contribution in [0.5, 0.6) is 0 Å². The highest BCUT2D eigenvalue weighted by molar-refractivity contribution is 7.05. The average molecular weight is 341 g/mol. The maximum Gasteiger partial charge on any atom is 0.128 e. The summed E-state index contributed by atoms with van der Waals surface area (Å²) >= 11 is 0. The summed E-state index contributed by atoms with van der Waals surface area (Å²) < 4.78 is 0. The van der Waals surface area contributed by atoms with Gasteiger partial charge >= 0.3 is 0 Å². The Morgan fingerprint density at radius 3 is 2.00 bits per heavy atom. The molecule has 4 unspecified atom stereocenters. The number of rotatable bonds is 2. The molecule has 0 amide bonds. The van der Waals surface area contributed by atoms with E-state index >= 15 is 0 Å². The molecule has 1 fully saturated rings. The number of hydrogen-bond donors (Lipinski definition) is 0. The lowest BCUT2D eigenvalue weighted by Gasteiger charge is -2.40. The fraction of sp³-hybridized carbons (Fsp3) is 0.250. The van der Waals surface area contributed by atoms with Gasteiger partial charge in [0.15, 0.2) is 0 Å². The van der Waals surface area contributed by atoms with Crippen LogP contribution < -0.4 is 10.4 Å². The average Bonchev–Trinajstić information content (AvgIpc) is 3.01. The molecule has 0 aromatic heterocycles. The zero-order valence-electron chi connectivity index (χ0n) is 14.5. The molecular weight excluding hydrogens is 316 g/mol. The third-order valence-corrected chi connectivity index (χ3v) is 12.8. The van der Waals surface area contributed by atoms with Crippen molar-refractivity contribution < 1.29 is 0 Å². The van der Waals surface area contributed by atoms with Crippen molar-refractivity contribution in [2.24, 2.45) is 11.8 Å². The van der Waals surface area contributed by atoms with Crippen molar-refractivity contribution in [3.05, 3.63) is 97.1 Å². The monoisotopic (exact) mass is 340 g/mol. The van der Waals surface area contributed by atoms with Crippen molar-refractivity contribution in [1.82, 2.24) is 0 Å². The second-order valence-electron chi connectivity index (χ2n) is 7.66. The van der Waals surface area contributed by atoms with Crippen molar-refractivity contribution in [3.63, 3.8) is 0 Å². The smallest absolute Gasteiger partial charge is 0.0882 e. The molecule has 0 N–H and O–H groups in total. The maximum absolute atomic E-state index is 2.55. The Morgan fingerprint density at radius 1 is 0.680 bits per heavy atom. The van der Waals surface area contributed by atoms with Crippen LogP contribution >= 0.6 is 0 Å². The summed E-state index contributed by atoms with van der Waals surface area (Å²) in [5, 5.41) is 3.25. The van der Waals surface area contributed by atoms with Crippen LogP contribution in [0.15, 0.2) is 97.1 Å². The summed E-state index contributed by atoms with van der Waals surface area (Å²) in [5.74, 6) is 1.37. The third kappa shape index (κ3) is 2.12. The Kier molecular flexibility index (Phi) is 3.64. The van der Waals surface area contributed by atoms with Gasteiger partial charge in [-0.25, -0.2) is 0 Å². The summed E-state index contributed by atoms with van der Waals surface area (Å²) in [5.41, 5.74) is 1.46. The predicted octanol–water partition coefficient (Wildman–Crippen LogP) is 4.71. The molecule has 0 spiro atoms. The normalized spacial score (nSPS) is 31.5. The zero-order chi connectivity index (χ0) is 16.7. The molecule has 1 aliphatic heterocycles. The van der Waals surface area contributed by atoms with Crippen molar-refractivity contribution >= 4 is 18.4 Å². The van der Waals surface area contributed by atoms with Gasteiger partial charge in [0, 0.05) is 0 Å². The molecule has 25 heavy (non-hydrogen) atoms. The van der Waals surface area contributed by atoms with Gasteiger partial charge in [-0.15, -0.1) is 0 Å². The number of fused-ring (bicyclic) bond motifs is 3. The summed E-state index contributed by atoms with van der Waals surface area (Å²) in [7, 11) is -1.90. The van der Waals surface area contributed by atoms with Crippen LogP contribution in [0.1, 0.15) is 12.8 Å². The Bertz CT molecular complexity index is 791. The molecule has 5 rings (SSSR count). The van der Waals surface area contributed by atoms with Crippen molar-refractivity contribution in [2.45, 2.75) is 23.9 Å². The van der Waals surface area contributed by atoms with E-state index in [4.69, 9.17) is 0 Å². The lowest BCUT2D eigenvalue weighted by molar-refractivity contribution is 0.461. The molecular formula is C24H24Si. The first kappa shape index (κ1) is 15.2. The van der Waals surface area contributed by atoms with Crippen molar-refractivity contribution in [1.29, 1.82) is 0 Å². The quantitative estimate of drug-likeness (QED) is 0.548. The molecule has 0 nitrogen and oxygen atoms in total. The molecule has 1 heteroatoms. The van der Waals surface area contributed by atoms with Crippen LogP contribution in [0.3, 0.4) is 0 Å². The lowest BCUT2D eigenvalue weighted by Crippen LogP contribution is -2.62. The Morgan fingerprint density at radius 2 is 1.32 bits per heavy atom. The van der Waals surface area contributed by atoms with Crippen molar-refractivity contribution in [3.8, 4) is 0 Å². The molecule has 124 valence electrons. The minimum atomic E-state index is -1.90. The van der Waals surface area contributed by atoms with Gasteiger partial charge in [-0.2, -0.15) is 0 Å². The highest BCUT2D eigenvalue weighted by Gasteiger charge is 2.61. The molecule has 2 aromatic rings. The van der Waals surface area contributed by atoms with Gasteiger partial charge in [-0.3, -0.25) is 0 Å². The summed E-state index contributed by atoms with van der Waals surface area (Å²) in [6, 6.07) is 23.0. The van der Waals surface area contributed by atoms with Crippen molar-refractivity contribution in [2.75, 3.05) is 0 Å². The minimum Gasteiger partial charge on any atom is -0.0882 e. The SMILES string of the molecule is C1=CC2C3C=CCCC3[Si](c3ccccc3)(c3ccccc3)C2C=C1. The minimum absolute atomic E-state index is 0.665. The molecule has 2 aliphatic carbocycles. The molecule has 1 saturated heterocycles. The molecule has 2 aromatic carbocycles. The second-order valence-corrected chi connectivity index (χ2v) is 12.0. The van der Waals surface area contributed by atoms with E-state index in [-0.39, 0.29) is 0 Å². The predicted molar refractivity (Wildman–Crippen MR) is 109 cm³/mol. The largest absolute Gasteiger partial charge is 0.128 e. The van der Waals surface area contributed by atoms with Crippen LogP contribution in [-0.2, 0) is 0 Å². The maximum atomic E-state index is 2.55. The third-order valence-electron chi connectivity index (χ3n) is 6.70. The zero-order valence-corrected chi connectivity index (χ0v) is 15.5. The van der Waals surface area contributed by atoms with Crippen LogP contribution in [-0.4, -0.2) is 8.07 Å². The van der Waals surface area contributed by atoms with Crippen LogP contribution in [0.2, 0.25) is 11.1 Å². The molecule has 1 heterocycles. The summed E-state index contributed by atoms with van der Waals surface area (Å²) in [6.45, 7) is 0. The van der Waals surface area contributed by atoms with Gasteiger partial charge < -0.3 is 0 Å². The lowest BCUT2D eigenvalue weighted by atomic mass is 9.81. The first-order valence-electron chi connectivity index (χ1n) is 9.55. The molecule has 0 saturated carbocycles. The van der Waals surface area contributed by atoms with Crippen LogP contribution in [0.25, 0.3) is 0 Å². The standard InChI is InChI=1S/C24H24Si/c1-3-11-19(12-4-1)25(20-13-5-2-6-14-20)23-17-9-7-15-21(23)22-16-8-10-18-24(22)25/h1-9,11-17,21-24H,10,18H2. The van der Waals surface area contributed by atoms with E-state index in [2.05, 4.69) is 97.1 Å². The van der Waals surface area contributed by atoms with E-state index in [0.717, 1.165) is 5.54 Å². The fourth-order valence-corrected chi connectivity index (χ4v) is 12.7. The van der Waals surface area contributed by atoms with E-state index in [1.807, 2.05) is 0 Å². The molecule has 3 aliphatic rings. The molecule has 4 atom stereocenters. The van der Waals surface area contributed by atoms with Gasteiger partial charge in [-0.1, -0.05) is 107 Å². The number of benzene rings is 2. The number of hydrogen-bond acceptors (Lipinski definition) is 0. The van der Waals surface area contributed by atoms with Crippen LogP contribution in [0.4, 0.5) is 0 Å². The fourth-order valence-electron chi connectivity index (χ4n) is 5.89. The number of allylic oxidation sites excluding steroid dienone is 6. The van der Waals surface area contributed by atoms with Gasteiger partial charge in [0.05, 0.1) is 0 Å². The highest BCUT2D eigenvalue weighted by atomic mass is 28.3.